The highest BCUT2D eigenvalue weighted by Crippen LogP contribution is 2.13. The summed E-state index contributed by atoms with van der Waals surface area (Å²) in [6.07, 6.45) is 25.1. The Bertz CT molecular complexity index is 320. The number of pyridine rings is 1. The van der Waals surface area contributed by atoms with Crippen molar-refractivity contribution in [1.82, 2.24) is 4.98 Å². The molecule has 0 aliphatic rings. The zero-order valence-electron chi connectivity index (χ0n) is 14.9. The molecule has 0 amide bonds. The van der Waals surface area contributed by atoms with Crippen LogP contribution in [-0.4, -0.2) is 4.98 Å². The SMILES string of the molecule is CCCCCCCCCCCCCCCCc1cccnc1. The molecule has 0 spiro atoms. The number of aryl methyl sites for hydroxylation is 1. The Morgan fingerprint density at radius 2 is 1.18 bits per heavy atom. The summed E-state index contributed by atoms with van der Waals surface area (Å²) in [5.41, 5.74) is 1.39. The second-order valence-electron chi connectivity index (χ2n) is 6.71. The average Bonchev–Trinajstić information content (AvgIpc) is 2.56. The molecule has 0 fully saturated rings. The molecule has 0 N–H and O–H groups in total. The van der Waals surface area contributed by atoms with E-state index < -0.39 is 0 Å². The Hall–Kier alpha value is -0.850. The van der Waals surface area contributed by atoms with E-state index in [-0.39, 0.29) is 0 Å². The minimum Gasteiger partial charge on any atom is -0.264 e. The maximum absolute atomic E-state index is 4.17. The lowest BCUT2D eigenvalue weighted by molar-refractivity contribution is 0.535. The summed E-state index contributed by atoms with van der Waals surface area (Å²) in [5, 5.41) is 0. The van der Waals surface area contributed by atoms with Gasteiger partial charge in [-0.3, -0.25) is 4.98 Å². The molecule has 126 valence electrons. The first-order chi connectivity index (χ1) is 10.9. The molecular weight excluding hydrogens is 266 g/mol. The Morgan fingerprint density at radius 3 is 1.64 bits per heavy atom. The first-order valence-corrected chi connectivity index (χ1v) is 9.82. The predicted octanol–water partition coefficient (Wildman–Crippen LogP) is 7.11. The summed E-state index contributed by atoms with van der Waals surface area (Å²) in [6.45, 7) is 2.29. The molecule has 0 atom stereocenters. The van der Waals surface area contributed by atoms with E-state index in [1.54, 1.807) is 0 Å². The minimum atomic E-state index is 1.20. The summed E-state index contributed by atoms with van der Waals surface area (Å²) >= 11 is 0. The van der Waals surface area contributed by atoms with E-state index in [0.717, 1.165) is 0 Å². The van der Waals surface area contributed by atoms with E-state index in [4.69, 9.17) is 0 Å². The van der Waals surface area contributed by atoms with E-state index in [0.29, 0.717) is 0 Å². The van der Waals surface area contributed by atoms with Crippen molar-refractivity contribution in [3.05, 3.63) is 30.1 Å². The third-order valence-corrected chi connectivity index (χ3v) is 4.54. The van der Waals surface area contributed by atoms with Crippen LogP contribution in [0.25, 0.3) is 0 Å². The third-order valence-electron chi connectivity index (χ3n) is 4.54. The van der Waals surface area contributed by atoms with Gasteiger partial charge in [-0.15, -0.1) is 0 Å². The van der Waals surface area contributed by atoms with Crippen LogP contribution in [-0.2, 0) is 6.42 Å². The van der Waals surface area contributed by atoms with E-state index in [1.807, 2.05) is 18.5 Å². The molecule has 0 aromatic carbocycles. The quantitative estimate of drug-likeness (QED) is 0.315. The van der Waals surface area contributed by atoms with Gasteiger partial charge in [0.1, 0.15) is 0 Å². The van der Waals surface area contributed by atoms with Crippen molar-refractivity contribution in [1.29, 1.82) is 0 Å². The number of unbranched alkanes of at least 4 members (excludes halogenated alkanes) is 13. The lowest BCUT2D eigenvalue weighted by Gasteiger charge is -2.03. The van der Waals surface area contributed by atoms with Crippen molar-refractivity contribution in [2.75, 3.05) is 0 Å². The Labute approximate surface area is 138 Å². The fourth-order valence-electron chi connectivity index (χ4n) is 3.07. The highest BCUT2D eigenvalue weighted by molar-refractivity contribution is 5.08. The molecule has 1 rings (SSSR count). The van der Waals surface area contributed by atoms with Gasteiger partial charge in [0.05, 0.1) is 0 Å². The smallest absolute Gasteiger partial charge is 0.0299 e. The largest absolute Gasteiger partial charge is 0.264 e. The van der Waals surface area contributed by atoms with Gasteiger partial charge in [0.25, 0.3) is 0 Å². The Kier molecular flexibility index (Phi) is 13.1. The molecular formula is C21H37N. The molecule has 0 unspecified atom stereocenters. The molecule has 0 saturated heterocycles. The summed E-state index contributed by atoms with van der Waals surface area (Å²) in [7, 11) is 0. The summed E-state index contributed by atoms with van der Waals surface area (Å²) in [5.74, 6) is 0. The number of hydrogen-bond acceptors (Lipinski definition) is 1. The monoisotopic (exact) mass is 303 g/mol. The molecule has 0 aliphatic carbocycles. The van der Waals surface area contributed by atoms with Crippen LogP contribution in [0, 0.1) is 0 Å². The molecule has 0 aliphatic heterocycles. The first-order valence-electron chi connectivity index (χ1n) is 9.82. The predicted molar refractivity (Wildman–Crippen MR) is 98.3 cm³/mol. The van der Waals surface area contributed by atoms with Gasteiger partial charge in [0, 0.05) is 12.4 Å². The lowest BCUT2D eigenvalue weighted by atomic mass is 10.0. The molecule has 1 aromatic heterocycles. The Morgan fingerprint density at radius 1 is 0.682 bits per heavy atom. The number of hydrogen-bond donors (Lipinski definition) is 0. The zero-order valence-corrected chi connectivity index (χ0v) is 14.9. The standard InChI is InChI=1S/C21H37N/c1-2-3-4-5-6-7-8-9-10-11-12-13-14-15-17-21-18-16-19-22-20-21/h16,18-20H,2-15,17H2,1H3. The molecule has 1 heteroatoms. The molecule has 1 nitrogen and oxygen atoms in total. The van der Waals surface area contributed by atoms with Crippen LogP contribution in [0.5, 0.6) is 0 Å². The van der Waals surface area contributed by atoms with Crippen LogP contribution >= 0.6 is 0 Å². The molecule has 22 heavy (non-hydrogen) atoms. The van der Waals surface area contributed by atoms with Crippen LogP contribution in [0.4, 0.5) is 0 Å². The van der Waals surface area contributed by atoms with E-state index >= 15 is 0 Å². The highest BCUT2D eigenvalue weighted by Gasteiger charge is 1.95. The molecule has 0 radical (unpaired) electrons. The van der Waals surface area contributed by atoms with E-state index in [1.165, 1.54) is 102 Å². The summed E-state index contributed by atoms with van der Waals surface area (Å²) in [6, 6.07) is 4.23. The fraction of sp³-hybridized carbons (Fsp3) is 0.762. The third kappa shape index (κ3) is 11.8. The fourth-order valence-corrected chi connectivity index (χ4v) is 3.07. The van der Waals surface area contributed by atoms with Crippen LogP contribution in [0.15, 0.2) is 24.5 Å². The van der Waals surface area contributed by atoms with Gasteiger partial charge in [-0.25, -0.2) is 0 Å². The number of nitrogens with zero attached hydrogens (tertiary/aromatic N) is 1. The molecule has 0 bridgehead atoms. The van der Waals surface area contributed by atoms with Crippen LogP contribution in [0.2, 0.25) is 0 Å². The van der Waals surface area contributed by atoms with Crippen molar-refractivity contribution in [3.8, 4) is 0 Å². The van der Waals surface area contributed by atoms with Gasteiger partial charge >= 0.3 is 0 Å². The first kappa shape index (κ1) is 19.2. The van der Waals surface area contributed by atoms with Gasteiger partial charge in [-0.05, 0) is 24.5 Å². The summed E-state index contributed by atoms with van der Waals surface area (Å²) < 4.78 is 0. The van der Waals surface area contributed by atoms with Gasteiger partial charge < -0.3 is 0 Å². The number of rotatable bonds is 15. The van der Waals surface area contributed by atoms with Crippen LogP contribution in [0.1, 0.15) is 102 Å². The van der Waals surface area contributed by atoms with Gasteiger partial charge in [-0.2, -0.15) is 0 Å². The molecule has 0 saturated carbocycles. The van der Waals surface area contributed by atoms with Gasteiger partial charge in [-0.1, -0.05) is 96.5 Å². The molecule has 1 heterocycles. The van der Waals surface area contributed by atoms with Crippen LogP contribution in [0.3, 0.4) is 0 Å². The van der Waals surface area contributed by atoms with Gasteiger partial charge in [0.2, 0.25) is 0 Å². The highest BCUT2D eigenvalue weighted by atomic mass is 14.6. The minimum absolute atomic E-state index is 1.20. The topological polar surface area (TPSA) is 12.9 Å². The van der Waals surface area contributed by atoms with Crippen molar-refractivity contribution in [2.45, 2.75) is 103 Å². The molecule has 1 aromatic rings. The normalized spacial score (nSPS) is 11.0. The van der Waals surface area contributed by atoms with E-state index in [2.05, 4.69) is 18.0 Å². The lowest BCUT2D eigenvalue weighted by Crippen LogP contribution is -1.87. The van der Waals surface area contributed by atoms with Crippen molar-refractivity contribution in [2.24, 2.45) is 0 Å². The van der Waals surface area contributed by atoms with Crippen molar-refractivity contribution in [3.63, 3.8) is 0 Å². The second-order valence-corrected chi connectivity index (χ2v) is 6.71. The average molecular weight is 304 g/mol. The maximum atomic E-state index is 4.17. The Balaban J connectivity index is 1.73. The van der Waals surface area contributed by atoms with Gasteiger partial charge in [0.15, 0.2) is 0 Å². The van der Waals surface area contributed by atoms with E-state index in [9.17, 15) is 0 Å². The summed E-state index contributed by atoms with van der Waals surface area (Å²) in [4.78, 5) is 4.17. The van der Waals surface area contributed by atoms with Crippen molar-refractivity contribution >= 4 is 0 Å². The maximum Gasteiger partial charge on any atom is 0.0299 e. The van der Waals surface area contributed by atoms with Crippen LogP contribution < -0.4 is 0 Å². The van der Waals surface area contributed by atoms with Crippen molar-refractivity contribution < 1.29 is 0 Å². The second kappa shape index (κ2) is 15.1. The zero-order chi connectivity index (χ0) is 15.7. The number of aromatic nitrogens is 1.